The Morgan fingerprint density at radius 3 is 2.67 bits per heavy atom. The molecule has 8 nitrogen and oxygen atoms in total. The molecule has 1 aliphatic heterocycles. The van der Waals surface area contributed by atoms with Gasteiger partial charge in [0.15, 0.2) is 6.61 Å². The Bertz CT molecular complexity index is 1070. The van der Waals surface area contributed by atoms with Crippen LogP contribution in [0.2, 0.25) is 5.02 Å². The number of hydrogen-bond donors (Lipinski definition) is 2. The third kappa shape index (κ3) is 5.10. The number of amides is 2. The van der Waals surface area contributed by atoms with Gasteiger partial charge in [-0.3, -0.25) is 14.5 Å². The maximum absolute atomic E-state index is 12.5. The van der Waals surface area contributed by atoms with E-state index in [1.54, 1.807) is 32.0 Å². The highest BCUT2D eigenvalue weighted by atomic mass is 35.5. The minimum atomic E-state index is -3.77. The lowest BCUT2D eigenvalue weighted by molar-refractivity contribution is -0.125. The summed E-state index contributed by atoms with van der Waals surface area (Å²) in [6.07, 6.45) is 0. The van der Waals surface area contributed by atoms with Crippen LogP contribution in [-0.2, 0) is 26.2 Å². The van der Waals surface area contributed by atoms with Crippen LogP contribution in [0.4, 0.5) is 5.69 Å². The van der Waals surface area contributed by atoms with Gasteiger partial charge in [-0.1, -0.05) is 29.8 Å². The van der Waals surface area contributed by atoms with Crippen LogP contribution in [0.5, 0.6) is 5.75 Å². The summed E-state index contributed by atoms with van der Waals surface area (Å²) in [5.41, 5.74) is 0.972. The molecule has 0 saturated carbocycles. The number of benzene rings is 2. The standard InChI is InChI=1S/C20H22ClN3O5S/c1-13(2)23-30(27,28)15-7-8-18-17(9-15)24(20(26)12-29-18)11-19(25)22-10-14-5-3-4-6-16(14)21/h3-9,13,23H,10-12H2,1-2H3,(H,22,25). The van der Waals surface area contributed by atoms with Crippen LogP contribution in [0.25, 0.3) is 0 Å². The topological polar surface area (TPSA) is 105 Å². The van der Waals surface area contributed by atoms with E-state index in [1.165, 1.54) is 23.1 Å². The fraction of sp³-hybridized carbons (Fsp3) is 0.300. The SMILES string of the molecule is CC(C)NS(=O)(=O)c1ccc2c(c1)N(CC(=O)NCc1ccccc1Cl)C(=O)CO2. The van der Waals surface area contributed by atoms with Crippen LogP contribution in [0.15, 0.2) is 47.4 Å². The maximum Gasteiger partial charge on any atom is 0.265 e. The van der Waals surface area contributed by atoms with E-state index in [-0.39, 0.29) is 36.3 Å². The molecule has 0 saturated heterocycles. The van der Waals surface area contributed by atoms with Crippen molar-refractivity contribution in [2.45, 2.75) is 31.3 Å². The third-order valence-corrected chi connectivity index (χ3v) is 6.34. The Morgan fingerprint density at radius 2 is 1.97 bits per heavy atom. The number of carbonyl (C=O) groups is 2. The van der Waals surface area contributed by atoms with Crippen molar-refractivity contribution in [1.82, 2.24) is 10.0 Å². The Kier molecular flexibility index (Phi) is 6.64. The lowest BCUT2D eigenvalue weighted by Crippen LogP contribution is -2.45. The smallest absolute Gasteiger partial charge is 0.265 e. The van der Waals surface area contributed by atoms with E-state index in [4.69, 9.17) is 16.3 Å². The van der Waals surface area contributed by atoms with Crippen molar-refractivity contribution in [2.24, 2.45) is 0 Å². The van der Waals surface area contributed by atoms with Crippen LogP contribution >= 0.6 is 11.6 Å². The van der Waals surface area contributed by atoms with E-state index < -0.39 is 21.8 Å². The zero-order chi connectivity index (χ0) is 21.9. The number of carbonyl (C=O) groups excluding carboxylic acids is 2. The van der Waals surface area contributed by atoms with Crippen molar-refractivity contribution in [3.8, 4) is 5.75 Å². The summed E-state index contributed by atoms with van der Waals surface area (Å²) in [5.74, 6) is -0.525. The van der Waals surface area contributed by atoms with Crippen molar-refractivity contribution in [3.05, 3.63) is 53.1 Å². The van der Waals surface area contributed by atoms with Gasteiger partial charge in [0.05, 0.1) is 10.6 Å². The fourth-order valence-corrected chi connectivity index (χ4v) is 4.41. The highest BCUT2D eigenvalue weighted by Gasteiger charge is 2.29. The predicted octanol–water partition coefficient (Wildman–Crippen LogP) is 2.07. The molecule has 0 spiro atoms. The van der Waals surface area contributed by atoms with E-state index in [2.05, 4.69) is 10.0 Å². The first kappa shape index (κ1) is 22.1. The van der Waals surface area contributed by atoms with Gasteiger partial charge in [0.2, 0.25) is 15.9 Å². The quantitative estimate of drug-likeness (QED) is 0.670. The number of fused-ring (bicyclic) bond motifs is 1. The Balaban J connectivity index is 1.79. The molecule has 0 fully saturated rings. The first-order valence-electron chi connectivity index (χ1n) is 9.27. The van der Waals surface area contributed by atoms with E-state index in [1.807, 2.05) is 6.07 Å². The number of ether oxygens (including phenoxy) is 1. The summed E-state index contributed by atoms with van der Waals surface area (Å²) in [7, 11) is -3.77. The van der Waals surface area contributed by atoms with Crippen molar-refractivity contribution >= 4 is 39.1 Å². The molecule has 1 aliphatic rings. The Morgan fingerprint density at radius 1 is 1.23 bits per heavy atom. The molecule has 0 aliphatic carbocycles. The summed E-state index contributed by atoms with van der Waals surface area (Å²) in [6.45, 7) is 3.11. The molecular formula is C20H22ClN3O5S. The molecular weight excluding hydrogens is 430 g/mol. The Hall–Kier alpha value is -2.62. The van der Waals surface area contributed by atoms with Gasteiger partial charge < -0.3 is 10.1 Å². The number of nitrogens with zero attached hydrogens (tertiary/aromatic N) is 1. The first-order chi connectivity index (χ1) is 14.2. The third-order valence-electron chi connectivity index (χ3n) is 4.31. The lowest BCUT2D eigenvalue weighted by atomic mass is 10.2. The zero-order valence-corrected chi connectivity index (χ0v) is 18.1. The van der Waals surface area contributed by atoms with Gasteiger partial charge in [-0.05, 0) is 43.7 Å². The molecule has 0 unspecified atom stereocenters. The van der Waals surface area contributed by atoms with Gasteiger partial charge in [0, 0.05) is 17.6 Å². The molecule has 2 N–H and O–H groups in total. The molecule has 0 bridgehead atoms. The van der Waals surface area contributed by atoms with Crippen LogP contribution in [0, 0.1) is 0 Å². The van der Waals surface area contributed by atoms with Crippen molar-refractivity contribution in [1.29, 1.82) is 0 Å². The first-order valence-corrected chi connectivity index (χ1v) is 11.1. The van der Waals surface area contributed by atoms with Crippen LogP contribution in [0.3, 0.4) is 0 Å². The molecule has 2 aromatic carbocycles. The maximum atomic E-state index is 12.5. The van der Waals surface area contributed by atoms with Gasteiger partial charge in [-0.2, -0.15) is 0 Å². The minimum Gasteiger partial charge on any atom is -0.482 e. The van der Waals surface area contributed by atoms with E-state index in [0.717, 1.165) is 5.56 Å². The number of sulfonamides is 1. The summed E-state index contributed by atoms with van der Waals surface area (Å²) < 4.78 is 32.8. The summed E-state index contributed by atoms with van der Waals surface area (Å²) >= 11 is 6.09. The summed E-state index contributed by atoms with van der Waals surface area (Å²) in [6, 6.07) is 11.0. The number of anilines is 1. The summed E-state index contributed by atoms with van der Waals surface area (Å²) in [5, 5.41) is 3.25. The van der Waals surface area contributed by atoms with Gasteiger partial charge in [-0.25, -0.2) is 13.1 Å². The van der Waals surface area contributed by atoms with Crippen molar-refractivity contribution in [3.63, 3.8) is 0 Å². The van der Waals surface area contributed by atoms with Crippen molar-refractivity contribution in [2.75, 3.05) is 18.1 Å². The second-order valence-electron chi connectivity index (χ2n) is 7.04. The predicted molar refractivity (Wildman–Crippen MR) is 113 cm³/mol. The number of hydrogen-bond acceptors (Lipinski definition) is 5. The van der Waals surface area contributed by atoms with Crippen LogP contribution in [-0.4, -0.2) is 39.4 Å². The molecule has 0 radical (unpaired) electrons. The minimum absolute atomic E-state index is 0.0188. The molecule has 10 heteroatoms. The molecule has 1 heterocycles. The summed E-state index contributed by atoms with van der Waals surface area (Å²) in [4.78, 5) is 26.1. The average molecular weight is 452 g/mol. The van der Waals surface area contributed by atoms with Gasteiger partial charge >= 0.3 is 0 Å². The molecule has 2 aromatic rings. The highest BCUT2D eigenvalue weighted by molar-refractivity contribution is 7.89. The normalized spacial score (nSPS) is 13.7. The zero-order valence-electron chi connectivity index (χ0n) is 16.5. The van der Waals surface area contributed by atoms with Crippen LogP contribution in [0.1, 0.15) is 19.4 Å². The largest absolute Gasteiger partial charge is 0.482 e. The monoisotopic (exact) mass is 451 g/mol. The number of halogens is 1. The van der Waals surface area contributed by atoms with Gasteiger partial charge in [0.25, 0.3) is 5.91 Å². The molecule has 0 aromatic heterocycles. The molecule has 2 amide bonds. The van der Waals surface area contributed by atoms with Crippen LogP contribution < -0.4 is 19.7 Å². The highest BCUT2D eigenvalue weighted by Crippen LogP contribution is 2.34. The van der Waals surface area contributed by atoms with E-state index in [0.29, 0.717) is 10.8 Å². The number of nitrogens with one attached hydrogen (secondary N) is 2. The van der Waals surface area contributed by atoms with E-state index >= 15 is 0 Å². The van der Waals surface area contributed by atoms with Gasteiger partial charge in [-0.15, -0.1) is 0 Å². The second-order valence-corrected chi connectivity index (χ2v) is 9.16. The lowest BCUT2D eigenvalue weighted by Gasteiger charge is -2.29. The molecule has 3 rings (SSSR count). The Labute approximate surface area is 180 Å². The average Bonchev–Trinajstić information content (AvgIpc) is 2.68. The molecule has 0 atom stereocenters. The van der Waals surface area contributed by atoms with Crippen molar-refractivity contribution < 1.29 is 22.7 Å². The molecule has 160 valence electrons. The fourth-order valence-electron chi connectivity index (χ4n) is 2.94. The van der Waals surface area contributed by atoms with E-state index in [9.17, 15) is 18.0 Å². The molecule has 30 heavy (non-hydrogen) atoms. The second kappa shape index (κ2) is 9.03. The number of rotatable bonds is 7. The van der Waals surface area contributed by atoms with Gasteiger partial charge in [0.1, 0.15) is 12.3 Å².